The number of terminal acetylenes is 1. The molecule has 11 heterocycles. The van der Waals surface area contributed by atoms with Gasteiger partial charge in [0.1, 0.15) is 77.6 Å². The number of aryl methyl sites for hydroxylation is 4. The normalized spacial score (nSPS) is 12.2. The van der Waals surface area contributed by atoms with Gasteiger partial charge in [-0.2, -0.15) is 25.4 Å². The zero-order chi connectivity index (χ0) is 102. The fourth-order valence-electron chi connectivity index (χ4n) is 15.2. The number of aromatic nitrogens is 20. The molecule has 19 rings (SSSR count). The van der Waals surface area contributed by atoms with Crippen molar-refractivity contribution in [3.05, 3.63) is 252 Å². The average molecular weight is 2020 g/mol. The number of nitrogen functional groups attached to an aromatic ring is 1. The predicted molar refractivity (Wildman–Crippen MR) is 559 cm³/mol. The Hall–Kier alpha value is -17.4. The van der Waals surface area contributed by atoms with Crippen LogP contribution in [-0.2, 0) is 32.9 Å². The smallest absolute Gasteiger partial charge is 0.217 e. The summed E-state index contributed by atoms with van der Waals surface area (Å²) in [7, 11) is 21.5. The van der Waals surface area contributed by atoms with Gasteiger partial charge in [0.05, 0.1) is 244 Å². The number of rotatable bonds is 25. The Kier molecular flexibility index (Phi) is 31.9. The monoisotopic (exact) mass is 2020 g/mol. The number of halogens is 4. The van der Waals surface area contributed by atoms with E-state index in [0.717, 1.165) is 89.7 Å². The van der Waals surface area contributed by atoms with E-state index >= 15 is 0 Å². The van der Waals surface area contributed by atoms with Crippen LogP contribution in [0.25, 0.3) is 89.2 Å². The Morgan fingerprint density at radius 1 is 0.379 bits per heavy atom. The molecule has 1 saturated heterocycles. The first-order valence-electron chi connectivity index (χ1n) is 44.3. The number of nitrogens with zero attached hydrogens (tertiary/aromatic N) is 24. The van der Waals surface area contributed by atoms with Crippen molar-refractivity contribution in [2.75, 3.05) is 129 Å². The number of benzene rings is 8. The van der Waals surface area contributed by atoms with E-state index in [1.807, 2.05) is 182 Å². The second-order valence-electron chi connectivity index (χ2n) is 32.0. The van der Waals surface area contributed by atoms with E-state index in [-0.39, 0.29) is 19.7 Å². The molecular weight excluding hydrogens is 1930 g/mol. The van der Waals surface area contributed by atoms with Crippen LogP contribution in [0.3, 0.4) is 0 Å². The Morgan fingerprint density at radius 2 is 0.745 bits per heavy atom. The van der Waals surface area contributed by atoms with Gasteiger partial charge in [-0.05, 0) is 84.6 Å². The zero-order valence-electron chi connectivity index (χ0n) is 80.7. The first kappa shape index (κ1) is 101. The Labute approximate surface area is 853 Å². The maximum atomic E-state index is 10.6. The maximum Gasteiger partial charge on any atom is 0.217 e. The molecule has 0 spiro atoms. The summed E-state index contributed by atoms with van der Waals surface area (Å²) in [6, 6.07) is 39.3. The van der Waals surface area contributed by atoms with E-state index in [9.17, 15) is 5.11 Å². The summed E-state index contributed by atoms with van der Waals surface area (Å²) in [6.07, 6.45) is 32.3. The van der Waals surface area contributed by atoms with Crippen LogP contribution in [0.2, 0.25) is 20.1 Å². The third kappa shape index (κ3) is 23.8. The zero-order valence-corrected chi connectivity index (χ0v) is 83.7. The standard InChI is InChI=1S/C28H23Cl2N7O3.C27H24N8O2.C27H27N5O4.C23H19Cl2N5O2/c1-36-16-17(14-33-36)21-15-32-19-8-7-18(12-20(19)34-21)37(11-5-6-24-31-10-9-25(35-24)40-4)28-26(29)22(38-2)13-23(39-3)27(28)30;1-34-17-18(13-32-34)26-15-30-24-7-6-20(11-25(24)33-26)35(8-4-5-19-14-31-27(28)16-29-19)21-9-22(36-2)12-23(10-21)37-3;1-31-17-19(15-29-31)26-16-28-24-6-5-20(13-25(24)30-26)32(9-4-7-27(33)8-10-36-18-27)21-11-22(34-2)14-23(12-21)35-3;1-5-8-30(23-21(24)19(31-3)10-20(32-4)22(23)25)15-6-7-16-17(9-15)28-18(12-26-16)14-11-27-29(2)13-14/h7-10,12-16H,11H2,1-4H3;6-7,9-17H,8H2,1-3H3,(H2,28,31);5-6,11-17,33H,8-10,18H2,1-3H3;1,6-7,9-13H,8H2,2-4H3. The van der Waals surface area contributed by atoms with Crippen molar-refractivity contribution in [2.45, 2.75) is 12.0 Å². The Morgan fingerprint density at radius 3 is 1.08 bits per heavy atom. The van der Waals surface area contributed by atoms with Crippen molar-refractivity contribution in [1.82, 2.24) is 98.9 Å². The maximum absolute atomic E-state index is 10.6. The lowest BCUT2D eigenvalue weighted by molar-refractivity contribution is 0.0764. The summed E-state index contributed by atoms with van der Waals surface area (Å²) in [6.45, 7) is 1.76. The molecule has 18 aromatic rings. The number of nitrogens with two attached hydrogens (primary N) is 1. The molecular formula is C105H93Cl4N25O11. The van der Waals surface area contributed by atoms with Gasteiger partial charge in [-0.1, -0.05) is 76.0 Å². The largest absolute Gasteiger partial charge is 0.497 e. The number of ether oxygens (including phenoxy) is 10. The highest BCUT2D eigenvalue weighted by Crippen LogP contribution is 2.51. The SMILES string of the molecule is C#CCN(c1ccc2ncc(-c3cnn(C)c3)nc2c1)c1c(Cl)c(OC)cc(OC)c1Cl.COc1cc(OC)cc(N(CC#CC2(O)CCOC2)c2ccc3ncc(-c4cnn(C)c4)nc3c2)c1.COc1cc(OC)cc(N(CC#Cc2cnc(N)cn2)c2ccc3ncc(-c4cnn(C)c4)nc3c2)c1.COc1ccnc(C#CCN(c2ccc3ncc(-c4cnn(C)c4)nc3c2)c2c(Cl)c(OC)cc(OC)c2Cl)n1. The highest BCUT2D eigenvalue weighted by Gasteiger charge is 2.31. The number of aliphatic hydroxyl groups is 1. The molecule has 0 saturated carbocycles. The van der Waals surface area contributed by atoms with Crippen LogP contribution in [0.5, 0.6) is 51.9 Å². The van der Waals surface area contributed by atoms with Gasteiger partial charge in [-0.25, -0.2) is 34.9 Å². The summed E-state index contributed by atoms with van der Waals surface area (Å²) in [5.74, 6) is 26.5. The summed E-state index contributed by atoms with van der Waals surface area (Å²) in [5, 5.41) is 28.8. The quantitative estimate of drug-likeness (QED) is 0.0502. The van der Waals surface area contributed by atoms with E-state index in [2.05, 4.69) is 102 Å². The lowest BCUT2D eigenvalue weighted by Crippen LogP contribution is -2.27. The van der Waals surface area contributed by atoms with Crippen LogP contribution in [0.4, 0.5) is 51.3 Å². The number of methoxy groups -OCH3 is 9. The van der Waals surface area contributed by atoms with Gasteiger partial charge in [-0.15, -0.1) is 6.42 Å². The first-order chi connectivity index (χ1) is 70.3. The second kappa shape index (κ2) is 45.9. The fourth-order valence-corrected chi connectivity index (χ4v) is 16.6. The molecule has 36 nitrogen and oxygen atoms in total. The molecule has 1 fully saturated rings. The van der Waals surface area contributed by atoms with E-state index in [1.165, 1.54) is 41.7 Å². The van der Waals surface area contributed by atoms with Crippen LogP contribution >= 0.6 is 46.4 Å². The molecule has 732 valence electrons. The van der Waals surface area contributed by atoms with Gasteiger partial charge < -0.3 is 77.8 Å². The van der Waals surface area contributed by atoms with Crippen molar-refractivity contribution < 1.29 is 52.5 Å². The van der Waals surface area contributed by atoms with Crippen molar-refractivity contribution in [1.29, 1.82) is 0 Å². The topological polar surface area (TPSA) is 377 Å². The molecule has 0 bridgehead atoms. The Balaban J connectivity index is 0.000000139. The molecule has 1 aliphatic heterocycles. The number of fused-ring (bicyclic) bond motifs is 4. The predicted octanol–water partition coefficient (Wildman–Crippen LogP) is 17.4. The molecule has 10 aromatic heterocycles. The number of hydrogen-bond donors (Lipinski definition) is 2. The minimum Gasteiger partial charge on any atom is -0.497 e. The van der Waals surface area contributed by atoms with E-state index < -0.39 is 5.60 Å². The van der Waals surface area contributed by atoms with Crippen LogP contribution in [0.15, 0.2) is 220 Å². The summed E-state index contributed by atoms with van der Waals surface area (Å²) < 4.78 is 61.2. The summed E-state index contributed by atoms with van der Waals surface area (Å²) >= 11 is 26.9. The molecule has 3 N–H and O–H groups in total. The molecule has 1 aliphatic rings. The number of anilines is 9. The Bertz CT molecular complexity index is 7940. The number of hydrogen-bond acceptors (Lipinski definition) is 32. The molecule has 0 radical (unpaired) electrons. The van der Waals surface area contributed by atoms with Gasteiger partial charge in [-0.3, -0.25) is 38.7 Å². The molecule has 1 atom stereocenters. The van der Waals surface area contributed by atoms with Crippen LogP contribution in [0, 0.1) is 47.9 Å². The highest BCUT2D eigenvalue weighted by atomic mass is 35.5. The van der Waals surface area contributed by atoms with Crippen molar-refractivity contribution in [3.63, 3.8) is 0 Å². The van der Waals surface area contributed by atoms with Gasteiger partial charge in [0, 0.05) is 177 Å². The lowest BCUT2D eigenvalue weighted by Gasteiger charge is -2.26. The third-order valence-electron chi connectivity index (χ3n) is 22.5. The fraction of sp³-hybridized carbons (Fsp3) is 0.200. The van der Waals surface area contributed by atoms with Crippen molar-refractivity contribution >= 4 is 142 Å². The summed E-state index contributed by atoms with van der Waals surface area (Å²) in [5.41, 5.74) is 23.1. The lowest BCUT2D eigenvalue weighted by atomic mass is 10.1. The minimum absolute atomic E-state index is 0.164. The van der Waals surface area contributed by atoms with Crippen molar-refractivity contribution in [2.24, 2.45) is 28.2 Å². The van der Waals surface area contributed by atoms with E-state index in [0.29, 0.717) is 160 Å². The molecule has 145 heavy (non-hydrogen) atoms. The summed E-state index contributed by atoms with van der Waals surface area (Å²) in [4.78, 5) is 62.0. The molecule has 40 heteroatoms. The van der Waals surface area contributed by atoms with Gasteiger partial charge >= 0.3 is 0 Å². The van der Waals surface area contributed by atoms with Crippen LogP contribution < -0.4 is 68.0 Å². The van der Waals surface area contributed by atoms with Gasteiger partial charge in [0.15, 0.2) is 5.60 Å². The minimum atomic E-state index is -1.12. The second-order valence-corrected chi connectivity index (χ2v) is 33.5. The third-order valence-corrected chi connectivity index (χ3v) is 24.0. The van der Waals surface area contributed by atoms with Crippen LogP contribution in [-0.4, -0.2) is 213 Å². The molecule has 1 unspecified atom stereocenters. The highest BCUT2D eigenvalue weighted by molar-refractivity contribution is 6.42. The molecule has 8 aromatic carbocycles. The van der Waals surface area contributed by atoms with Gasteiger partial charge in [0.25, 0.3) is 0 Å². The van der Waals surface area contributed by atoms with Gasteiger partial charge in [0.2, 0.25) is 11.7 Å². The van der Waals surface area contributed by atoms with E-state index in [4.69, 9.17) is 126 Å². The van der Waals surface area contributed by atoms with Crippen molar-refractivity contribution in [3.8, 4) is 145 Å². The van der Waals surface area contributed by atoms with E-state index in [1.54, 1.807) is 127 Å². The van der Waals surface area contributed by atoms with Crippen LogP contribution in [0.1, 0.15) is 17.9 Å². The molecule has 0 amide bonds. The molecule has 0 aliphatic carbocycles. The first-order valence-corrected chi connectivity index (χ1v) is 45.8. The average Bonchev–Trinajstić information content (AvgIpc) is 1.75.